The molecule has 1 aliphatic rings. The molecular weight excluding hydrogens is 84.1 g/mol. The Bertz CT molecular complexity index is 94.2. The van der Waals surface area contributed by atoms with E-state index in [1.807, 2.05) is 0 Å². The maximum absolute atomic E-state index is 3.74. The minimum atomic E-state index is 0.514. The first kappa shape index (κ1) is 4.89. The number of hydrogen-bond donors (Lipinski definition) is 0. The van der Waals surface area contributed by atoms with Crippen molar-refractivity contribution in [1.82, 2.24) is 0 Å². The van der Waals surface area contributed by atoms with Crippen LogP contribution in [0.4, 0.5) is 0 Å². The van der Waals surface area contributed by atoms with Crippen LogP contribution >= 0.6 is 0 Å². The van der Waals surface area contributed by atoms with Crippen LogP contribution in [0.15, 0.2) is 12.7 Å². The molecule has 0 bridgehead atoms. The summed E-state index contributed by atoms with van der Waals surface area (Å²) in [5, 5.41) is 0. The van der Waals surface area contributed by atoms with E-state index in [1.165, 1.54) is 6.42 Å². The average molecular weight is 96.2 g/mol. The van der Waals surface area contributed by atoms with Crippen LogP contribution in [0.3, 0.4) is 0 Å². The quantitative estimate of drug-likeness (QED) is 0.439. The van der Waals surface area contributed by atoms with Crippen LogP contribution in [0.5, 0.6) is 0 Å². The first-order valence-electron chi connectivity index (χ1n) is 2.82. The van der Waals surface area contributed by atoms with Gasteiger partial charge in [-0.2, -0.15) is 0 Å². The van der Waals surface area contributed by atoms with Gasteiger partial charge in [0.15, 0.2) is 0 Å². The molecule has 0 nitrogen and oxygen atoms in total. The summed E-state index contributed by atoms with van der Waals surface area (Å²) in [6.45, 7) is 8.27. The molecule has 0 saturated heterocycles. The van der Waals surface area contributed by atoms with Gasteiger partial charge >= 0.3 is 0 Å². The highest BCUT2D eigenvalue weighted by atomic mass is 14.5. The van der Waals surface area contributed by atoms with Crippen molar-refractivity contribution < 1.29 is 0 Å². The Morgan fingerprint density at radius 2 is 2.29 bits per heavy atom. The van der Waals surface area contributed by atoms with E-state index < -0.39 is 0 Å². The maximum Gasteiger partial charge on any atom is -0.0120 e. The molecule has 7 heavy (non-hydrogen) atoms. The SMILES string of the molecule is C=C[C@]1(C)C[C@H]1C. The molecule has 40 valence electrons. The lowest BCUT2D eigenvalue weighted by Crippen LogP contribution is -1.86. The summed E-state index contributed by atoms with van der Waals surface area (Å²) in [5.41, 5.74) is 0.514. The van der Waals surface area contributed by atoms with E-state index in [1.54, 1.807) is 0 Å². The van der Waals surface area contributed by atoms with Gasteiger partial charge in [-0.05, 0) is 17.8 Å². The predicted molar refractivity (Wildman–Crippen MR) is 32.1 cm³/mol. The minimum absolute atomic E-state index is 0.514. The van der Waals surface area contributed by atoms with Crippen molar-refractivity contribution in [2.24, 2.45) is 11.3 Å². The van der Waals surface area contributed by atoms with Crippen molar-refractivity contribution in [3.05, 3.63) is 12.7 Å². The molecule has 2 atom stereocenters. The summed E-state index contributed by atoms with van der Waals surface area (Å²) in [6.07, 6.45) is 3.41. The Balaban J connectivity index is 2.51. The zero-order valence-electron chi connectivity index (χ0n) is 5.07. The highest BCUT2D eigenvalue weighted by Gasteiger charge is 2.43. The lowest BCUT2D eigenvalue weighted by molar-refractivity contribution is 0.666. The number of rotatable bonds is 1. The summed E-state index contributed by atoms with van der Waals surface area (Å²) in [6, 6.07) is 0. The molecule has 1 aliphatic carbocycles. The Morgan fingerprint density at radius 1 is 1.86 bits per heavy atom. The van der Waals surface area contributed by atoms with Crippen molar-refractivity contribution in [3.8, 4) is 0 Å². The van der Waals surface area contributed by atoms with Crippen molar-refractivity contribution in [1.29, 1.82) is 0 Å². The fraction of sp³-hybridized carbons (Fsp3) is 0.714. The molecule has 0 aromatic heterocycles. The lowest BCUT2D eigenvalue weighted by atomic mass is 10.1. The molecule has 1 fully saturated rings. The van der Waals surface area contributed by atoms with Gasteiger partial charge in [0.05, 0.1) is 0 Å². The standard InChI is InChI=1S/C7H12/c1-4-7(3)5-6(7)2/h4,6H,1,5H2,2-3H3/t6-,7-/m1/s1. The zero-order chi connectivity index (χ0) is 5.49. The van der Waals surface area contributed by atoms with Crippen LogP contribution in [0.2, 0.25) is 0 Å². The number of allylic oxidation sites excluding steroid dienone is 1. The van der Waals surface area contributed by atoms with Gasteiger partial charge in [-0.3, -0.25) is 0 Å². The first-order chi connectivity index (χ1) is 3.19. The van der Waals surface area contributed by atoms with Crippen LogP contribution in [-0.2, 0) is 0 Å². The third-order valence-corrected chi connectivity index (χ3v) is 2.18. The maximum atomic E-state index is 3.74. The van der Waals surface area contributed by atoms with Gasteiger partial charge in [-0.15, -0.1) is 6.58 Å². The van der Waals surface area contributed by atoms with Gasteiger partial charge in [0.1, 0.15) is 0 Å². The van der Waals surface area contributed by atoms with Crippen LogP contribution in [0.1, 0.15) is 20.3 Å². The summed E-state index contributed by atoms with van der Waals surface area (Å²) < 4.78 is 0. The molecule has 0 unspecified atom stereocenters. The Labute approximate surface area is 45.2 Å². The third kappa shape index (κ3) is 0.583. The Kier molecular flexibility index (Phi) is 0.781. The van der Waals surface area contributed by atoms with E-state index in [-0.39, 0.29) is 0 Å². The monoisotopic (exact) mass is 96.1 g/mol. The molecule has 0 radical (unpaired) electrons. The topological polar surface area (TPSA) is 0 Å². The fourth-order valence-electron chi connectivity index (χ4n) is 0.885. The summed E-state index contributed by atoms with van der Waals surface area (Å²) in [7, 11) is 0. The van der Waals surface area contributed by atoms with Gasteiger partial charge in [0, 0.05) is 0 Å². The molecule has 0 N–H and O–H groups in total. The predicted octanol–water partition coefficient (Wildman–Crippen LogP) is 2.22. The second kappa shape index (κ2) is 1.12. The van der Waals surface area contributed by atoms with Crippen LogP contribution < -0.4 is 0 Å². The molecule has 0 heteroatoms. The molecule has 0 heterocycles. The first-order valence-corrected chi connectivity index (χ1v) is 2.82. The van der Waals surface area contributed by atoms with Gasteiger partial charge in [0.2, 0.25) is 0 Å². The van der Waals surface area contributed by atoms with E-state index in [9.17, 15) is 0 Å². The lowest BCUT2D eigenvalue weighted by Gasteiger charge is -1.95. The summed E-state index contributed by atoms with van der Waals surface area (Å²) in [5.74, 6) is 0.894. The molecule has 0 aromatic rings. The second-order valence-electron chi connectivity index (χ2n) is 2.82. The van der Waals surface area contributed by atoms with Gasteiger partial charge in [-0.1, -0.05) is 19.9 Å². The van der Waals surface area contributed by atoms with Crippen LogP contribution in [0.25, 0.3) is 0 Å². The molecule has 0 aliphatic heterocycles. The highest BCUT2D eigenvalue weighted by molar-refractivity contribution is 5.07. The largest absolute Gasteiger partial charge is 0.103 e. The van der Waals surface area contributed by atoms with Gasteiger partial charge in [-0.25, -0.2) is 0 Å². The minimum Gasteiger partial charge on any atom is -0.103 e. The molecule has 0 aromatic carbocycles. The van der Waals surface area contributed by atoms with E-state index in [2.05, 4.69) is 26.5 Å². The average Bonchev–Trinajstić information content (AvgIpc) is 2.18. The van der Waals surface area contributed by atoms with E-state index >= 15 is 0 Å². The van der Waals surface area contributed by atoms with E-state index in [4.69, 9.17) is 0 Å². The van der Waals surface area contributed by atoms with Crippen molar-refractivity contribution in [2.75, 3.05) is 0 Å². The van der Waals surface area contributed by atoms with Crippen molar-refractivity contribution in [3.63, 3.8) is 0 Å². The van der Waals surface area contributed by atoms with Crippen molar-refractivity contribution in [2.45, 2.75) is 20.3 Å². The van der Waals surface area contributed by atoms with Crippen LogP contribution in [0, 0.1) is 11.3 Å². The van der Waals surface area contributed by atoms with E-state index in [0.717, 1.165) is 5.92 Å². The van der Waals surface area contributed by atoms with Crippen LogP contribution in [-0.4, -0.2) is 0 Å². The summed E-state index contributed by atoms with van der Waals surface area (Å²) in [4.78, 5) is 0. The third-order valence-electron chi connectivity index (χ3n) is 2.18. The summed E-state index contributed by atoms with van der Waals surface area (Å²) >= 11 is 0. The Morgan fingerprint density at radius 3 is 2.29 bits per heavy atom. The molecule has 1 saturated carbocycles. The zero-order valence-corrected chi connectivity index (χ0v) is 5.07. The fourth-order valence-corrected chi connectivity index (χ4v) is 0.885. The Hall–Kier alpha value is -0.260. The highest BCUT2D eigenvalue weighted by Crippen LogP contribution is 2.52. The smallest absolute Gasteiger partial charge is 0.0120 e. The van der Waals surface area contributed by atoms with E-state index in [0.29, 0.717) is 5.41 Å². The molecule has 1 rings (SSSR count). The van der Waals surface area contributed by atoms with Gasteiger partial charge in [0.25, 0.3) is 0 Å². The molecule has 0 spiro atoms. The number of hydrogen-bond acceptors (Lipinski definition) is 0. The van der Waals surface area contributed by atoms with Gasteiger partial charge < -0.3 is 0 Å². The van der Waals surface area contributed by atoms with Crippen molar-refractivity contribution >= 4 is 0 Å². The molecule has 0 amide bonds. The molecular formula is C7H12. The normalized spacial score (nSPS) is 48.6. The second-order valence-corrected chi connectivity index (χ2v) is 2.82.